The van der Waals surface area contributed by atoms with E-state index in [9.17, 15) is 0 Å². The van der Waals surface area contributed by atoms with Crippen LogP contribution in [0.4, 0.5) is 0 Å². The van der Waals surface area contributed by atoms with Crippen LogP contribution >= 0.6 is 0 Å². The Morgan fingerprint density at radius 3 is 1.30 bits per heavy atom. The molecule has 0 unspecified atom stereocenters. The molecule has 0 N–H and O–H groups in total. The number of hydrogen-bond acceptors (Lipinski definition) is 0. The van der Waals surface area contributed by atoms with E-state index in [1.54, 1.807) is 0 Å². The number of nitrogens with zero attached hydrogens (tertiary/aromatic N) is 1. The van der Waals surface area contributed by atoms with E-state index >= 15 is 0 Å². The van der Waals surface area contributed by atoms with Crippen molar-refractivity contribution < 1.29 is 4.48 Å². The molecule has 2 aromatic rings. The minimum Gasteiger partial charge on any atom is -0.325 e. The Morgan fingerprint density at radius 1 is 0.515 bits per heavy atom. The molecule has 1 nitrogen and oxygen atoms in total. The lowest BCUT2D eigenvalue weighted by atomic mass is 10.0. The highest BCUT2D eigenvalue weighted by molar-refractivity contribution is 5.13. The second-order valence-corrected chi connectivity index (χ2v) is 10.6. The number of benzene rings is 2. The molecule has 0 radical (unpaired) electrons. The average molecular weight is 453 g/mol. The highest BCUT2D eigenvalue weighted by Crippen LogP contribution is 2.15. The Hall–Kier alpha value is -1.60. The van der Waals surface area contributed by atoms with Gasteiger partial charge in [-0.15, -0.1) is 0 Å². The molecule has 0 aliphatic heterocycles. The lowest BCUT2D eigenvalue weighted by Crippen LogP contribution is -2.39. The topological polar surface area (TPSA) is 0 Å². The van der Waals surface area contributed by atoms with Gasteiger partial charge in [-0.1, -0.05) is 150 Å². The summed E-state index contributed by atoms with van der Waals surface area (Å²) >= 11 is 0. The van der Waals surface area contributed by atoms with E-state index in [4.69, 9.17) is 0 Å². The molecule has 186 valence electrons. The number of unbranched alkanes of at least 4 members (excludes halogenated alkanes) is 13. The summed E-state index contributed by atoms with van der Waals surface area (Å²) in [5.41, 5.74) is 2.78. The first-order chi connectivity index (χ1) is 16.0. The van der Waals surface area contributed by atoms with Gasteiger partial charge in [-0.25, -0.2) is 0 Å². The van der Waals surface area contributed by atoms with Crippen LogP contribution in [0.25, 0.3) is 0 Å². The maximum atomic E-state index is 2.37. The molecule has 0 bridgehead atoms. The Balaban J connectivity index is 0.000000657. The molecule has 2 aromatic carbocycles. The van der Waals surface area contributed by atoms with Gasteiger partial charge in [0.25, 0.3) is 0 Å². The summed E-state index contributed by atoms with van der Waals surface area (Å²) in [5.74, 6) is 0. The van der Waals surface area contributed by atoms with E-state index in [0.717, 1.165) is 11.0 Å². The monoisotopic (exact) mass is 452 g/mol. The molecule has 0 aliphatic rings. The molecule has 0 saturated heterocycles. The van der Waals surface area contributed by atoms with E-state index in [2.05, 4.69) is 70.4 Å². The first-order valence-corrected chi connectivity index (χ1v) is 13.9. The summed E-state index contributed by atoms with van der Waals surface area (Å²) in [7, 11) is 4.74. The first-order valence-electron chi connectivity index (χ1n) is 13.9. The van der Waals surface area contributed by atoms with E-state index in [1.165, 1.54) is 108 Å². The first kappa shape index (κ1) is 29.4. The zero-order valence-electron chi connectivity index (χ0n) is 22.5. The van der Waals surface area contributed by atoms with E-state index in [0.29, 0.717) is 0 Å². The van der Waals surface area contributed by atoms with Crippen LogP contribution in [0.3, 0.4) is 0 Å². The summed E-state index contributed by atoms with van der Waals surface area (Å²) < 4.78 is 1.11. The second-order valence-electron chi connectivity index (χ2n) is 10.6. The molecular formula is C32H54N+. The molecule has 0 spiro atoms. The summed E-state index contributed by atoms with van der Waals surface area (Å²) in [6.07, 6.45) is 20.2. The van der Waals surface area contributed by atoms with Crippen LogP contribution in [0.2, 0.25) is 0 Å². The minimum atomic E-state index is 1.11. The fourth-order valence-electron chi connectivity index (χ4n) is 4.43. The molecule has 1 heteroatoms. The number of aryl methyl sites for hydroxylation is 1. The van der Waals surface area contributed by atoms with Crippen LogP contribution in [0.15, 0.2) is 60.7 Å². The zero-order chi connectivity index (χ0) is 24.0. The van der Waals surface area contributed by atoms with Crippen molar-refractivity contribution in [3.8, 4) is 0 Å². The molecular weight excluding hydrogens is 398 g/mol. The molecule has 0 aliphatic carbocycles. The zero-order valence-corrected chi connectivity index (χ0v) is 22.5. The molecule has 0 heterocycles. The smallest absolute Gasteiger partial charge is 0.104 e. The maximum absolute atomic E-state index is 2.37. The predicted molar refractivity (Wildman–Crippen MR) is 149 cm³/mol. The molecule has 0 aromatic heterocycles. The van der Waals surface area contributed by atoms with Gasteiger partial charge in [0.05, 0.1) is 20.6 Å². The third-order valence-corrected chi connectivity index (χ3v) is 6.51. The van der Waals surface area contributed by atoms with Gasteiger partial charge in [-0.3, -0.25) is 0 Å². The van der Waals surface area contributed by atoms with Gasteiger partial charge in [0, 0.05) is 5.56 Å². The number of hydrogen-bond donors (Lipinski definition) is 0. The van der Waals surface area contributed by atoms with Crippen LogP contribution in [-0.2, 0) is 6.54 Å². The lowest BCUT2D eigenvalue weighted by molar-refractivity contribution is -0.903. The Kier molecular flexibility index (Phi) is 17.7. The number of quaternary nitrogens is 1. The standard InChI is InChI=1S/C25H46N.C7H8/c1-4-5-6-7-8-9-10-11-12-13-14-15-16-20-23-26(2,3)24-25-21-18-17-19-22-25;1-7-5-3-2-4-6-7/h17-19,21-22H,4-16,20,23-24H2,1-3H3;2-6H,1H3/q+1;. The minimum absolute atomic E-state index is 1.11. The van der Waals surface area contributed by atoms with Gasteiger partial charge in [-0.05, 0) is 19.8 Å². The van der Waals surface area contributed by atoms with E-state index in [1.807, 2.05) is 18.2 Å². The van der Waals surface area contributed by atoms with Gasteiger partial charge < -0.3 is 4.48 Å². The van der Waals surface area contributed by atoms with E-state index < -0.39 is 0 Å². The fraction of sp³-hybridized carbons (Fsp3) is 0.625. The molecule has 33 heavy (non-hydrogen) atoms. The average Bonchev–Trinajstić information content (AvgIpc) is 2.80. The van der Waals surface area contributed by atoms with Gasteiger partial charge >= 0.3 is 0 Å². The van der Waals surface area contributed by atoms with Crippen LogP contribution in [0.1, 0.15) is 108 Å². The van der Waals surface area contributed by atoms with Crippen molar-refractivity contribution in [2.75, 3.05) is 20.6 Å². The van der Waals surface area contributed by atoms with Crippen molar-refractivity contribution in [1.29, 1.82) is 0 Å². The van der Waals surface area contributed by atoms with Gasteiger partial charge in [0.2, 0.25) is 0 Å². The SMILES string of the molecule is CCCCCCCCCCCCCCCC[N+](C)(C)Cc1ccccc1.Cc1ccccc1. The van der Waals surface area contributed by atoms with Crippen molar-refractivity contribution in [3.05, 3.63) is 71.8 Å². The van der Waals surface area contributed by atoms with E-state index in [-0.39, 0.29) is 0 Å². The van der Waals surface area contributed by atoms with Crippen molar-refractivity contribution in [2.24, 2.45) is 0 Å². The van der Waals surface area contributed by atoms with Crippen molar-refractivity contribution in [2.45, 2.75) is 110 Å². The van der Waals surface area contributed by atoms with Gasteiger partial charge in [0.1, 0.15) is 6.54 Å². The Bertz CT molecular complexity index is 647. The maximum Gasteiger partial charge on any atom is 0.104 e. The van der Waals surface area contributed by atoms with Crippen molar-refractivity contribution >= 4 is 0 Å². The predicted octanol–water partition coefficient (Wildman–Crippen LogP) is 9.74. The normalized spacial score (nSPS) is 11.2. The quantitative estimate of drug-likeness (QED) is 0.165. The summed E-state index contributed by atoms with van der Waals surface area (Å²) in [6.45, 7) is 6.83. The van der Waals surface area contributed by atoms with Crippen LogP contribution < -0.4 is 0 Å². The Morgan fingerprint density at radius 2 is 0.909 bits per heavy atom. The highest BCUT2D eigenvalue weighted by Gasteiger charge is 2.14. The van der Waals surface area contributed by atoms with Crippen LogP contribution in [0, 0.1) is 6.92 Å². The third-order valence-electron chi connectivity index (χ3n) is 6.51. The van der Waals surface area contributed by atoms with Crippen molar-refractivity contribution in [1.82, 2.24) is 0 Å². The Labute approximate surface area is 207 Å². The van der Waals surface area contributed by atoms with Gasteiger partial charge in [-0.2, -0.15) is 0 Å². The second kappa shape index (κ2) is 19.8. The molecule has 0 saturated carbocycles. The summed E-state index contributed by atoms with van der Waals surface area (Å²) in [5, 5.41) is 0. The van der Waals surface area contributed by atoms with Crippen LogP contribution in [0.5, 0.6) is 0 Å². The van der Waals surface area contributed by atoms with Crippen molar-refractivity contribution in [3.63, 3.8) is 0 Å². The van der Waals surface area contributed by atoms with Crippen LogP contribution in [-0.4, -0.2) is 25.1 Å². The third kappa shape index (κ3) is 18.5. The summed E-state index contributed by atoms with van der Waals surface area (Å²) in [4.78, 5) is 0. The highest BCUT2D eigenvalue weighted by atomic mass is 15.3. The molecule has 0 fully saturated rings. The lowest BCUT2D eigenvalue weighted by Gasteiger charge is -2.30. The largest absolute Gasteiger partial charge is 0.325 e. The number of rotatable bonds is 17. The fourth-order valence-corrected chi connectivity index (χ4v) is 4.43. The van der Waals surface area contributed by atoms with Gasteiger partial charge in [0.15, 0.2) is 0 Å². The molecule has 2 rings (SSSR count). The summed E-state index contributed by atoms with van der Waals surface area (Å²) in [6, 6.07) is 21.2. The molecule has 0 amide bonds. The molecule has 0 atom stereocenters.